The van der Waals surface area contributed by atoms with Crippen molar-refractivity contribution in [3.63, 3.8) is 0 Å². The van der Waals surface area contributed by atoms with Gasteiger partial charge in [0.25, 0.3) is 5.91 Å². The first-order chi connectivity index (χ1) is 18.8. The standard InChI is InChI=1S/C30H27N3O6/c1-4-11-38-15-9-10-19-17(12-15)23-24-18(14-31-27(24)34)22-16-7-5-6-8-20(16)33-26(22)25(23)32(19)21-13-30(36,28(35)37-3)29(33,2)39-21/h5-10,12,21,36H,4,11,13-14H2,1-3H3,(H,31,34). The number of esters is 1. The van der Waals surface area contributed by atoms with Gasteiger partial charge in [-0.3, -0.25) is 4.79 Å². The van der Waals surface area contributed by atoms with Crippen LogP contribution in [0.2, 0.25) is 0 Å². The summed E-state index contributed by atoms with van der Waals surface area (Å²) in [5.41, 5.74) is 1.43. The Labute approximate surface area is 222 Å². The number of carbonyl (C=O) groups excluding carboxylic acids is 2. The highest BCUT2D eigenvalue weighted by atomic mass is 16.6. The Kier molecular flexibility index (Phi) is 4.28. The molecule has 5 aromatic rings. The molecule has 9 nitrogen and oxygen atoms in total. The van der Waals surface area contributed by atoms with Crippen LogP contribution in [0.1, 0.15) is 48.8 Å². The van der Waals surface area contributed by atoms with E-state index in [2.05, 4.69) is 12.2 Å². The van der Waals surface area contributed by atoms with E-state index in [0.29, 0.717) is 18.7 Å². The summed E-state index contributed by atoms with van der Waals surface area (Å²) in [4.78, 5) is 26.7. The first kappa shape index (κ1) is 22.9. The number of aromatic nitrogens is 2. The summed E-state index contributed by atoms with van der Waals surface area (Å²) < 4.78 is 21.9. The van der Waals surface area contributed by atoms with E-state index in [4.69, 9.17) is 14.2 Å². The minimum atomic E-state index is -1.96. The number of amides is 1. The van der Waals surface area contributed by atoms with Crippen molar-refractivity contribution in [3.05, 3.63) is 53.6 Å². The van der Waals surface area contributed by atoms with Crippen LogP contribution in [0.3, 0.4) is 0 Å². The van der Waals surface area contributed by atoms with Crippen LogP contribution in [0, 0.1) is 0 Å². The largest absolute Gasteiger partial charge is 0.494 e. The lowest BCUT2D eigenvalue weighted by atomic mass is 9.88. The van der Waals surface area contributed by atoms with E-state index in [1.807, 2.05) is 51.6 Å². The highest BCUT2D eigenvalue weighted by Gasteiger charge is 2.65. The molecular weight excluding hydrogens is 498 g/mol. The van der Waals surface area contributed by atoms with Gasteiger partial charge >= 0.3 is 5.97 Å². The summed E-state index contributed by atoms with van der Waals surface area (Å²) in [6.45, 7) is 4.77. The van der Waals surface area contributed by atoms with Crippen molar-refractivity contribution in [1.82, 2.24) is 14.5 Å². The molecule has 5 heterocycles. The van der Waals surface area contributed by atoms with Gasteiger partial charge in [-0.1, -0.05) is 25.1 Å². The van der Waals surface area contributed by atoms with Crippen LogP contribution >= 0.6 is 0 Å². The summed E-state index contributed by atoms with van der Waals surface area (Å²) >= 11 is 0. The minimum absolute atomic E-state index is 0.0140. The highest BCUT2D eigenvalue weighted by Crippen LogP contribution is 2.57. The van der Waals surface area contributed by atoms with Crippen molar-refractivity contribution < 1.29 is 28.9 Å². The maximum absolute atomic E-state index is 13.4. The molecule has 2 aromatic heterocycles. The van der Waals surface area contributed by atoms with Crippen LogP contribution in [0.5, 0.6) is 5.75 Å². The van der Waals surface area contributed by atoms with Gasteiger partial charge in [-0.25, -0.2) is 4.79 Å². The van der Waals surface area contributed by atoms with Gasteiger partial charge in [-0.2, -0.15) is 0 Å². The zero-order valence-electron chi connectivity index (χ0n) is 21.8. The lowest BCUT2D eigenvalue weighted by Crippen LogP contribution is -2.56. The van der Waals surface area contributed by atoms with Gasteiger partial charge in [0.05, 0.1) is 41.3 Å². The molecule has 1 amide bonds. The van der Waals surface area contributed by atoms with Gasteiger partial charge in [0.15, 0.2) is 5.72 Å². The van der Waals surface area contributed by atoms with Crippen LogP contribution in [0.25, 0.3) is 43.6 Å². The number of aliphatic hydroxyl groups is 1. The number of fused-ring (bicyclic) bond motifs is 13. The Hall–Kier alpha value is -4.08. The first-order valence-electron chi connectivity index (χ1n) is 13.3. The average Bonchev–Trinajstić information content (AvgIpc) is 3.63. The molecule has 3 aliphatic heterocycles. The van der Waals surface area contributed by atoms with E-state index in [1.54, 1.807) is 6.92 Å². The Morgan fingerprint density at radius 2 is 1.97 bits per heavy atom. The van der Waals surface area contributed by atoms with Crippen molar-refractivity contribution in [1.29, 1.82) is 0 Å². The van der Waals surface area contributed by atoms with Gasteiger partial charge in [0.2, 0.25) is 5.60 Å². The zero-order chi connectivity index (χ0) is 26.8. The smallest absolute Gasteiger partial charge is 0.343 e. The number of hydrogen-bond donors (Lipinski definition) is 2. The molecule has 1 saturated heterocycles. The summed E-state index contributed by atoms with van der Waals surface area (Å²) in [6, 6.07) is 13.7. The van der Waals surface area contributed by atoms with E-state index in [1.165, 1.54) is 7.11 Å². The number of hydrogen-bond acceptors (Lipinski definition) is 6. The number of benzene rings is 3. The van der Waals surface area contributed by atoms with Crippen molar-refractivity contribution in [2.45, 2.75) is 50.8 Å². The molecule has 0 spiro atoms. The number of rotatable bonds is 4. The quantitative estimate of drug-likeness (QED) is 0.336. The maximum atomic E-state index is 13.4. The lowest BCUT2D eigenvalue weighted by molar-refractivity contribution is -0.202. The monoisotopic (exact) mass is 525 g/mol. The molecule has 8 rings (SSSR count). The first-order valence-corrected chi connectivity index (χ1v) is 13.3. The minimum Gasteiger partial charge on any atom is -0.494 e. The predicted octanol–water partition coefficient (Wildman–Crippen LogP) is 4.44. The second-order valence-corrected chi connectivity index (χ2v) is 10.8. The fourth-order valence-corrected chi connectivity index (χ4v) is 7.23. The van der Waals surface area contributed by atoms with Gasteiger partial charge in [-0.15, -0.1) is 0 Å². The van der Waals surface area contributed by atoms with Gasteiger partial charge in [0.1, 0.15) is 12.0 Å². The summed E-state index contributed by atoms with van der Waals surface area (Å²) in [7, 11) is 1.28. The molecule has 3 aromatic carbocycles. The number of nitrogens with zero attached hydrogens (tertiary/aromatic N) is 2. The Balaban J connectivity index is 1.65. The van der Waals surface area contributed by atoms with Gasteiger partial charge in [0, 0.05) is 34.5 Å². The molecule has 3 atom stereocenters. The van der Waals surface area contributed by atoms with Crippen molar-refractivity contribution >= 4 is 55.5 Å². The molecule has 0 saturated carbocycles. The number of carbonyl (C=O) groups is 2. The summed E-state index contributed by atoms with van der Waals surface area (Å²) in [6.07, 6.45) is 0.171. The van der Waals surface area contributed by atoms with Gasteiger partial charge in [-0.05, 0) is 43.2 Å². The molecular formula is C30H27N3O6. The molecule has 9 heteroatoms. The predicted molar refractivity (Wildman–Crippen MR) is 145 cm³/mol. The molecule has 3 aliphatic rings. The molecule has 198 valence electrons. The second-order valence-electron chi connectivity index (χ2n) is 10.8. The van der Waals surface area contributed by atoms with Gasteiger partial charge < -0.3 is 33.8 Å². The normalized spacial score (nSPS) is 25.1. The van der Waals surface area contributed by atoms with Crippen LogP contribution in [0.4, 0.5) is 0 Å². The molecule has 2 N–H and O–H groups in total. The topological polar surface area (TPSA) is 104 Å². The molecule has 2 bridgehead atoms. The van der Waals surface area contributed by atoms with E-state index >= 15 is 0 Å². The number of nitrogens with one attached hydrogen (secondary N) is 1. The van der Waals surface area contributed by atoms with Crippen LogP contribution in [-0.4, -0.2) is 45.4 Å². The van der Waals surface area contributed by atoms with Crippen LogP contribution in [-0.2, 0) is 26.5 Å². The Bertz CT molecular complexity index is 1940. The van der Waals surface area contributed by atoms with E-state index in [-0.39, 0.29) is 12.3 Å². The number of ether oxygens (including phenoxy) is 3. The van der Waals surface area contributed by atoms with Crippen molar-refractivity contribution in [3.8, 4) is 5.75 Å². The van der Waals surface area contributed by atoms with Crippen molar-refractivity contribution in [2.75, 3.05) is 13.7 Å². The zero-order valence-corrected chi connectivity index (χ0v) is 21.8. The van der Waals surface area contributed by atoms with Crippen LogP contribution in [0.15, 0.2) is 42.5 Å². The van der Waals surface area contributed by atoms with E-state index in [0.717, 1.165) is 61.3 Å². The third kappa shape index (κ3) is 2.49. The fraction of sp³-hybridized carbons (Fsp3) is 0.333. The third-order valence-corrected chi connectivity index (χ3v) is 8.89. The highest BCUT2D eigenvalue weighted by molar-refractivity contribution is 6.31. The number of para-hydroxylation sites is 1. The van der Waals surface area contributed by atoms with E-state index < -0.39 is 23.5 Å². The molecule has 0 aliphatic carbocycles. The Morgan fingerprint density at radius 1 is 1.15 bits per heavy atom. The second kappa shape index (κ2) is 7.31. The SMILES string of the molecule is CCCOc1ccc2c(c1)c1c3c(c4c5ccccc5n5c4c1n2C1CC(O)(C(=O)OC)C5(C)O1)CNC3=O. The van der Waals surface area contributed by atoms with E-state index in [9.17, 15) is 14.7 Å². The third-order valence-electron chi connectivity index (χ3n) is 8.89. The summed E-state index contributed by atoms with van der Waals surface area (Å²) in [5, 5.41) is 18.7. The Morgan fingerprint density at radius 3 is 2.77 bits per heavy atom. The summed E-state index contributed by atoms with van der Waals surface area (Å²) in [5.74, 6) is -0.144. The molecule has 0 radical (unpaired) electrons. The maximum Gasteiger partial charge on any atom is 0.343 e. The number of methoxy groups -OCH3 is 1. The lowest BCUT2D eigenvalue weighted by Gasteiger charge is -2.37. The van der Waals surface area contributed by atoms with Crippen LogP contribution < -0.4 is 10.1 Å². The molecule has 39 heavy (non-hydrogen) atoms. The molecule has 3 unspecified atom stereocenters. The molecule has 1 fully saturated rings. The fourth-order valence-electron chi connectivity index (χ4n) is 7.23. The van der Waals surface area contributed by atoms with Crippen molar-refractivity contribution in [2.24, 2.45) is 0 Å². The average molecular weight is 526 g/mol.